The molecule has 0 aliphatic carbocycles. The van der Waals surface area contributed by atoms with Crippen molar-refractivity contribution in [3.63, 3.8) is 0 Å². The summed E-state index contributed by atoms with van der Waals surface area (Å²) in [4.78, 5) is 13.9. The van der Waals surface area contributed by atoms with Crippen molar-refractivity contribution in [1.29, 1.82) is 0 Å². The Morgan fingerprint density at radius 2 is 2.00 bits per heavy atom. The zero-order valence-corrected chi connectivity index (χ0v) is 11.5. The van der Waals surface area contributed by atoms with Crippen LogP contribution in [0.5, 0.6) is 0 Å². The van der Waals surface area contributed by atoms with Crippen molar-refractivity contribution < 1.29 is 9.53 Å². The smallest absolute Gasteiger partial charge is 0.236 e. The molecular formula is C13H26N2O2. The first kappa shape index (κ1) is 14.5. The number of hydrogen-bond donors (Lipinski definition) is 1. The lowest BCUT2D eigenvalue weighted by molar-refractivity contribution is -0.133. The van der Waals surface area contributed by atoms with Gasteiger partial charge >= 0.3 is 0 Å². The van der Waals surface area contributed by atoms with E-state index in [0.29, 0.717) is 12.6 Å². The van der Waals surface area contributed by atoms with E-state index in [0.717, 1.165) is 26.0 Å². The first-order chi connectivity index (χ1) is 8.02. The van der Waals surface area contributed by atoms with E-state index in [4.69, 9.17) is 4.74 Å². The summed E-state index contributed by atoms with van der Waals surface area (Å²) in [6.45, 7) is 10.3. The molecule has 100 valence electrons. The van der Waals surface area contributed by atoms with Gasteiger partial charge in [0.1, 0.15) is 0 Å². The fraction of sp³-hybridized carbons (Fsp3) is 0.923. The van der Waals surface area contributed by atoms with E-state index in [-0.39, 0.29) is 18.0 Å². The van der Waals surface area contributed by atoms with Crippen molar-refractivity contribution in [2.75, 3.05) is 19.7 Å². The van der Waals surface area contributed by atoms with E-state index < -0.39 is 0 Å². The molecule has 1 N–H and O–H groups in total. The highest BCUT2D eigenvalue weighted by molar-refractivity contribution is 5.78. The molecule has 0 aromatic rings. The number of nitrogens with one attached hydrogen (secondary N) is 1. The third-order valence-electron chi connectivity index (χ3n) is 3.07. The Morgan fingerprint density at radius 3 is 2.47 bits per heavy atom. The lowest BCUT2D eigenvalue weighted by Gasteiger charge is -2.31. The molecule has 1 amide bonds. The molecule has 1 aliphatic rings. The van der Waals surface area contributed by atoms with Crippen LogP contribution >= 0.6 is 0 Å². The summed E-state index contributed by atoms with van der Waals surface area (Å²) >= 11 is 0. The first-order valence-corrected chi connectivity index (χ1v) is 6.66. The van der Waals surface area contributed by atoms with Crippen molar-refractivity contribution in [3.05, 3.63) is 0 Å². The highest BCUT2D eigenvalue weighted by atomic mass is 16.5. The summed E-state index contributed by atoms with van der Waals surface area (Å²) in [6.07, 6.45) is 2.55. The third kappa shape index (κ3) is 4.64. The fourth-order valence-electron chi connectivity index (χ4n) is 2.41. The molecule has 0 bridgehead atoms. The molecule has 0 radical (unpaired) electrons. The minimum absolute atomic E-state index is 0.174. The molecule has 4 heteroatoms. The van der Waals surface area contributed by atoms with Crippen LogP contribution in [0.15, 0.2) is 0 Å². The summed E-state index contributed by atoms with van der Waals surface area (Å²) < 4.78 is 5.50. The van der Waals surface area contributed by atoms with Gasteiger partial charge in [-0.3, -0.25) is 4.79 Å². The molecule has 4 nitrogen and oxygen atoms in total. The second-order valence-corrected chi connectivity index (χ2v) is 5.25. The van der Waals surface area contributed by atoms with E-state index >= 15 is 0 Å². The van der Waals surface area contributed by atoms with E-state index in [2.05, 4.69) is 33.0 Å². The number of rotatable bonds is 6. The predicted molar refractivity (Wildman–Crippen MR) is 69.0 cm³/mol. The Kier molecular flexibility index (Phi) is 5.92. The molecule has 1 rings (SSSR count). The van der Waals surface area contributed by atoms with Gasteiger partial charge in [-0.05, 0) is 40.5 Å². The standard InChI is InChI=1S/C13H26N2O2/c1-10(2)15(11(3)4)13(16)9-14-8-12-6-5-7-17-12/h10-12,14H,5-9H2,1-4H3/t12-/m0/s1. The first-order valence-electron chi connectivity index (χ1n) is 6.66. The van der Waals surface area contributed by atoms with Crippen molar-refractivity contribution in [2.45, 2.75) is 58.7 Å². The van der Waals surface area contributed by atoms with Crippen LogP contribution in [0.3, 0.4) is 0 Å². The van der Waals surface area contributed by atoms with Gasteiger partial charge in [0, 0.05) is 25.2 Å². The van der Waals surface area contributed by atoms with Gasteiger partial charge in [-0.15, -0.1) is 0 Å². The van der Waals surface area contributed by atoms with E-state index in [1.165, 1.54) is 0 Å². The Labute approximate surface area is 105 Å². The van der Waals surface area contributed by atoms with Gasteiger partial charge in [0.05, 0.1) is 12.6 Å². The molecule has 1 saturated heterocycles. The lowest BCUT2D eigenvalue weighted by atomic mass is 10.2. The van der Waals surface area contributed by atoms with Crippen LogP contribution in [0.2, 0.25) is 0 Å². The van der Waals surface area contributed by atoms with Crippen molar-refractivity contribution in [2.24, 2.45) is 0 Å². The molecule has 0 spiro atoms. The summed E-state index contributed by atoms with van der Waals surface area (Å²) in [5, 5.41) is 3.20. The normalized spacial score (nSPS) is 20.2. The molecule has 1 atom stereocenters. The van der Waals surface area contributed by atoms with E-state index in [1.54, 1.807) is 0 Å². The molecule has 1 fully saturated rings. The number of ether oxygens (including phenoxy) is 1. The van der Waals surface area contributed by atoms with Gasteiger partial charge in [-0.1, -0.05) is 0 Å². The van der Waals surface area contributed by atoms with E-state index in [1.807, 2.05) is 4.90 Å². The topological polar surface area (TPSA) is 41.6 Å². The number of carbonyl (C=O) groups excluding carboxylic acids is 1. The number of hydrogen-bond acceptors (Lipinski definition) is 3. The van der Waals surface area contributed by atoms with Crippen molar-refractivity contribution in [1.82, 2.24) is 10.2 Å². The highest BCUT2D eigenvalue weighted by Gasteiger charge is 2.20. The monoisotopic (exact) mass is 242 g/mol. The minimum atomic E-state index is 0.174. The Hall–Kier alpha value is -0.610. The molecule has 0 aromatic heterocycles. The van der Waals surface area contributed by atoms with Crippen LogP contribution in [0.1, 0.15) is 40.5 Å². The molecule has 0 aromatic carbocycles. The van der Waals surface area contributed by atoms with Crippen LogP contribution in [-0.4, -0.2) is 48.7 Å². The quantitative estimate of drug-likeness (QED) is 0.765. The van der Waals surface area contributed by atoms with Crippen LogP contribution in [0.25, 0.3) is 0 Å². The predicted octanol–water partition coefficient (Wildman–Crippen LogP) is 1.40. The second-order valence-electron chi connectivity index (χ2n) is 5.25. The van der Waals surface area contributed by atoms with Gasteiger partial charge in [-0.2, -0.15) is 0 Å². The second kappa shape index (κ2) is 6.97. The Morgan fingerprint density at radius 1 is 1.35 bits per heavy atom. The minimum Gasteiger partial charge on any atom is -0.377 e. The van der Waals surface area contributed by atoms with Crippen LogP contribution in [0.4, 0.5) is 0 Å². The molecule has 0 unspecified atom stereocenters. The SMILES string of the molecule is CC(C)N(C(=O)CNC[C@@H]1CCCO1)C(C)C. The maximum Gasteiger partial charge on any atom is 0.236 e. The number of nitrogens with zero attached hydrogens (tertiary/aromatic N) is 1. The summed E-state index contributed by atoms with van der Waals surface area (Å²) in [7, 11) is 0. The summed E-state index contributed by atoms with van der Waals surface area (Å²) in [5.41, 5.74) is 0. The molecule has 0 saturated carbocycles. The van der Waals surface area contributed by atoms with Crippen molar-refractivity contribution >= 4 is 5.91 Å². The van der Waals surface area contributed by atoms with Gasteiger partial charge in [0.2, 0.25) is 5.91 Å². The highest BCUT2D eigenvalue weighted by Crippen LogP contribution is 2.10. The van der Waals surface area contributed by atoms with Crippen LogP contribution in [-0.2, 0) is 9.53 Å². The summed E-state index contributed by atoms with van der Waals surface area (Å²) in [5.74, 6) is 0.174. The molecule has 1 aliphatic heterocycles. The maximum atomic E-state index is 12.0. The van der Waals surface area contributed by atoms with Crippen LogP contribution < -0.4 is 5.32 Å². The van der Waals surface area contributed by atoms with Crippen molar-refractivity contribution in [3.8, 4) is 0 Å². The Bertz CT molecular complexity index is 228. The summed E-state index contributed by atoms with van der Waals surface area (Å²) in [6, 6.07) is 0.513. The zero-order valence-electron chi connectivity index (χ0n) is 11.5. The third-order valence-corrected chi connectivity index (χ3v) is 3.07. The van der Waals surface area contributed by atoms with Gasteiger partial charge in [0.15, 0.2) is 0 Å². The molecule has 1 heterocycles. The van der Waals surface area contributed by atoms with Crippen LogP contribution in [0, 0.1) is 0 Å². The van der Waals surface area contributed by atoms with Gasteiger partial charge in [-0.25, -0.2) is 0 Å². The Balaban J connectivity index is 2.26. The lowest BCUT2D eigenvalue weighted by Crippen LogP contribution is -2.47. The largest absolute Gasteiger partial charge is 0.377 e. The molecular weight excluding hydrogens is 216 g/mol. The van der Waals surface area contributed by atoms with E-state index in [9.17, 15) is 4.79 Å². The average Bonchev–Trinajstić information content (AvgIpc) is 2.69. The maximum absolute atomic E-state index is 12.0. The average molecular weight is 242 g/mol. The van der Waals surface area contributed by atoms with Gasteiger partial charge < -0.3 is 15.0 Å². The van der Waals surface area contributed by atoms with Gasteiger partial charge in [0.25, 0.3) is 0 Å². The zero-order chi connectivity index (χ0) is 12.8. The fourth-order valence-corrected chi connectivity index (χ4v) is 2.41. The number of carbonyl (C=O) groups is 1. The number of amides is 1. The molecule has 17 heavy (non-hydrogen) atoms.